The molecule has 0 spiro atoms. The van der Waals surface area contributed by atoms with E-state index in [0.717, 1.165) is 6.08 Å². The first-order valence-corrected chi connectivity index (χ1v) is 5.36. The van der Waals surface area contributed by atoms with Crippen molar-refractivity contribution < 1.29 is 25.2 Å². The predicted molar refractivity (Wildman–Crippen MR) is 69.9 cm³/mol. The van der Waals surface area contributed by atoms with Crippen LogP contribution in [0.2, 0.25) is 0 Å². The molecule has 0 unspecified atom stereocenters. The van der Waals surface area contributed by atoms with Crippen molar-refractivity contribution in [3.8, 4) is 0 Å². The van der Waals surface area contributed by atoms with Crippen LogP contribution < -0.4 is 0 Å². The molecule has 0 rings (SSSR count). The minimum Gasteiger partial charge on any atom is -0.478 e. The van der Waals surface area contributed by atoms with Gasteiger partial charge in [-0.25, -0.2) is 4.79 Å². The number of hydrogen-bond donors (Lipinski definition) is 4. The first kappa shape index (κ1) is 25.1. The summed E-state index contributed by atoms with van der Waals surface area (Å²) in [5.41, 5.74) is 0. The number of aliphatic hydroxyl groups is 3. The van der Waals surface area contributed by atoms with Crippen molar-refractivity contribution >= 4 is 5.97 Å². The Labute approximate surface area is 104 Å². The van der Waals surface area contributed by atoms with Gasteiger partial charge in [0.05, 0.1) is 0 Å². The summed E-state index contributed by atoms with van der Waals surface area (Å²) in [7, 11) is 0. The molecule has 17 heavy (non-hydrogen) atoms. The molecular weight excluding hydrogens is 224 g/mol. The second-order valence-electron chi connectivity index (χ2n) is 3.82. The molecule has 0 aromatic heterocycles. The van der Waals surface area contributed by atoms with E-state index in [-0.39, 0.29) is 18.3 Å². The molecule has 0 aromatic rings. The molecule has 5 nitrogen and oxygen atoms in total. The van der Waals surface area contributed by atoms with E-state index in [4.69, 9.17) is 20.4 Å². The fourth-order valence-corrected chi connectivity index (χ4v) is 0. The van der Waals surface area contributed by atoms with Crippen LogP contribution in [0.15, 0.2) is 12.7 Å². The molecular formula is C12H28O5. The lowest BCUT2D eigenvalue weighted by molar-refractivity contribution is -0.131. The number of aliphatic carboxylic acids is 1. The van der Waals surface area contributed by atoms with E-state index in [1.165, 1.54) is 0 Å². The Hall–Kier alpha value is -0.910. The summed E-state index contributed by atoms with van der Waals surface area (Å²) >= 11 is 0. The maximum absolute atomic E-state index is 9.25. The van der Waals surface area contributed by atoms with Crippen LogP contribution in [0.25, 0.3) is 0 Å². The lowest BCUT2D eigenvalue weighted by atomic mass is 10.5. The molecule has 0 aliphatic heterocycles. The van der Waals surface area contributed by atoms with Crippen LogP contribution in [0, 0.1) is 0 Å². The summed E-state index contributed by atoms with van der Waals surface area (Å²) in [5, 5.41) is 31.8. The van der Waals surface area contributed by atoms with Crippen molar-refractivity contribution in [3.05, 3.63) is 12.7 Å². The lowest BCUT2D eigenvalue weighted by Crippen LogP contribution is -1.85. The van der Waals surface area contributed by atoms with Gasteiger partial charge in [0.2, 0.25) is 0 Å². The Balaban J connectivity index is -0.0000000667. The van der Waals surface area contributed by atoms with Crippen LogP contribution in [-0.2, 0) is 4.79 Å². The lowest BCUT2D eigenvalue weighted by Gasteiger charge is -1.80. The van der Waals surface area contributed by atoms with Crippen LogP contribution in [0.5, 0.6) is 0 Å². The molecule has 0 saturated carbocycles. The van der Waals surface area contributed by atoms with Gasteiger partial charge < -0.3 is 20.4 Å². The zero-order chi connectivity index (χ0) is 15.0. The molecule has 0 radical (unpaired) electrons. The Morgan fingerprint density at radius 2 is 0.941 bits per heavy atom. The Morgan fingerprint density at radius 3 is 0.941 bits per heavy atom. The molecule has 0 saturated heterocycles. The third-order valence-corrected chi connectivity index (χ3v) is 0.175. The highest BCUT2D eigenvalue weighted by Gasteiger charge is 1.73. The largest absolute Gasteiger partial charge is 0.478 e. The molecule has 0 fully saturated rings. The SMILES string of the molecule is C=CC(=O)O.CC(C)O.CC(C)O.CC(C)O. The second-order valence-corrected chi connectivity index (χ2v) is 3.82. The standard InChI is InChI=1S/C3H4O2.3C3H8O/c1-2-3(4)5;3*1-3(2)4/h2H,1H2,(H,4,5);3*3-4H,1-2H3. The van der Waals surface area contributed by atoms with Gasteiger partial charge in [0.25, 0.3) is 0 Å². The van der Waals surface area contributed by atoms with E-state index in [0.29, 0.717) is 0 Å². The van der Waals surface area contributed by atoms with Gasteiger partial charge in [-0.2, -0.15) is 0 Å². The predicted octanol–water partition coefficient (Wildman–Crippen LogP) is 1.42. The molecule has 0 amide bonds. The molecule has 4 N–H and O–H groups in total. The van der Waals surface area contributed by atoms with Gasteiger partial charge >= 0.3 is 5.97 Å². The number of carboxylic acid groups (broad SMARTS) is 1. The number of rotatable bonds is 1. The summed E-state index contributed by atoms with van der Waals surface area (Å²) in [4.78, 5) is 9.25. The van der Waals surface area contributed by atoms with Crippen LogP contribution >= 0.6 is 0 Å². The number of carboxylic acids is 1. The monoisotopic (exact) mass is 252 g/mol. The van der Waals surface area contributed by atoms with Crippen molar-refractivity contribution in [1.29, 1.82) is 0 Å². The van der Waals surface area contributed by atoms with E-state index in [1.807, 2.05) is 0 Å². The quantitative estimate of drug-likeness (QED) is 0.529. The highest BCUT2D eigenvalue weighted by Crippen LogP contribution is 1.65. The smallest absolute Gasteiger partial charge is 0.327 e. The molecule has 0 aliphatic rings. The van der Waals surface area contributed by atoms with E-state index >= 15 is 0 Å². The van der Waals surface area contributed by atoms with Gasteiger partial charge in [-0.15, -0.1) is 0 Å². The molecule has 0 aliphatic carbocycles. The molecule has 0 heterocycles. The third-order valence-electron chi connectivity index (χ3n) is 0.175. The molecule has 0 bridgehead atoms. The number of aliphatic hydroxyl groups excluding tert-OH is 3. The van der Waals surface area contributed by atoms with E-state index in [2.05, 4.69) is 6.58 Å². The molecule has 5 heteroatoms. The first-order valence-electron chi connectivity index (χ1n) is 5.36. The average molecular weight is 252 g/mol. The number of hydrogen-bond acceptors (Lipinski definition) is 4. The summed E-state index contributed by atoms with van der Waals surface area (Å²) in [5.74, 6) is -0.981. The third kappa shape index (κ3) is 2180. The fourth-order valence-electron chi connectivity index (χ4n) is 0. The van der Waals surface area contributed by atoms with Crippen molar-refractivity contribution in [2.75, 3.05) is 0 Å². The highest BCUT2D eigenvalue weighted by atomic mass is 16.4. The van der Waals surface area contributed by atoms with Gasteiger partial charge in [0.15, 0.2) is 0 Å². The van der Waals surface area contributed by atoms with E-state index in [9.17, 15) is 4.79 Å². The molecule has 0 aromatic carbocycles. The minimum absolute atomic E-state index is 0.167. The van der Waals surface area contributed by atoms with Crippen molar-refractivity contribution in [3.63, 3.8) is 0 Å². The summed E-state index contributed by atoms with van der Waals surface area (Å²) in [6, 6.07) is 0. The van der Waals surface area contributed by atoms with E-state index in [1.54, 1.807) is 41.5 Å². The highest BCUT2D eigenvalue weighted by molar-refractivity contribution is 5.78. The summed E-state index contributed by atoms with van der Waals surface area (Å²) in [6.45, 7) is 13.3. The first-order chi connectivity index (χ1) is 7.47. The average Bonchev–Trinajstić information content (AvgIpc) is 2.00. The van der Waals surface area contributed by atoms with Gasteiger partial charge in [-0.3, -0.25) is 0 Å². The molecule has 0 atom stereocenters. The van der Waals surface area contributed by atoms with Crippen molar-refractivity contribution in [2.45, 2.75) is 59.9 Å². The molecule has 106 valence electrons. The van der Waals surface area contributed by atoms with Crippen LogP contribution in [0.1, 0.15) is 41.5 Å². The van der Waals surface area contributed by atoms with Crippen molar-refractivity contribution in [2.24, 2.45) is 0 Å². The van der Waals surface area contributed by atoms with Crippen LogP contribution in [-0.4, -0.2) is 44.7 Å². The van der Waals surface area contributed by atoms with Crippen molar-refractivity contribution in [1.82, 2.24) is 0 Å². The van der Waals surface area contributed by atoms with Gasteiger partial charge in [-0.1, -0.05) is 6.58 Å². The van der Waals surface area contributed by atoms with Gasteiger partial charge in [0.1, 0.15) is 0 Å². The maximum Gasteiger partial charge on any atom is 0.327 e. The Bertz CT molecular complexity index is 130. The maximum atomic E-state index is 9.25. The second kappa shape index (κ2) is 20.5. The fraction of sp³-hybridized carbons (Fsp3) is 0.750. The summed E-state index contributed by atoms with van der Waals surface area (Å²) in [6.07, 6.45) is 0.333. The topological polar surface area (TPSA) is 98.0 Å². The minimum atomic E-state index is -0.981. The number of carbonyl (C=O) groups is 1. The van der Waals surface area contributed by atoms with Crippen LogP contribution in [0.3, 0.4) is 0 Å². The zero-order valence-corrected chi connectivity index (χ0v) is 11.7. The summed E-state index contributed by atoms with van der Waals surface area (Å²) < 4.78 is 0. The Kier molecular flexibility index (Phi) is 30.2. The Morgan fingerprint density at radius 1 is 0.882 bits per heavy atom. The normalized spacial score (nSPS) is 8.24. The zero-order valence-electron chi connectivity index (χ0n) is 11.7. The van der Waals surface area contributed by atoms with E-state index < -0.39 is 5.97 Å². The van der Waals surface area contributed by atoms with Gasteiger partial charge in [0, 0.05) is 24.4 Å². The van der Waals surface area contributed by atoms with Gasteiger partial charge in [-0.05, 0) is 41.5 Å². The van der Waals surface area contributed by atoms with Crippen LogP contribution in [0.4, 0.5) is 0 Å².